The first-order chi connectivity index (χ1) is 9.27. The predicted molar refractivity (Wildman–Crippen MR) is 72.8 cm³/mol. The molecule has 0 N–H and O–H groups in total. The Labute approximate surface area is 111 Å². The molecule has 2 aromatic rings. The van der Waals surface area contributed by atoms with Crippen LogP contribution < -0.4 is 4.74 Å². The Hall–Kier alpha value is -1.97. The van der Waals surface area contributed by atoms with E-state index in [0.717, 1.165) is 41.7 Å². The van der Waals surface area contributed by atoms with E-state index in [1.54, 1.807) is 7.11 Å². The standard InChI is InChI=1S/C15H17NO3/c1-3-19-15(17)14-11-7-5-9-16(11)10-6-4-8-12(18-2)13(10)14/h4,6,8H,3,5,7,9H2,1-2H3. The van der Waals surface area contributed by atoms with Crippen LogP contribution in [-0.4, -0.2) is 24.3 Å². The van der Waals surface area contributed by atoms with Crippen LogP contribution in [0.3, 0.4) is 0 Å². The number of ether oxygens (including phenoxy) is 2. The van der Waals surface area contributed by atoms with Crippen molar-refractivity contribution in [2.75, 3.05) is 13.7 Å². The Morgan fingerprint density at radius 3 is 3.00 bits per heavy atom. The minimum atomic E-state index is -0.243. The average molecular weight is 259 g/mol. The second-order valence-corrected chi connectivity index (χ2v) is 4.65. The lowest BCUT2D eigenvalue weighted by Gasteiger charge is -2.06. The van der Waals surface area contributed by atoms with Crippen LogP contribution in [0.5, 0.6) is 5.75 Å². The Morgan fingerprint density at radius 2 is 2.26 bits per heavy atom. The van der Waals surface area contributed by atoms with Gasteiger partial charge in [-0.1, -0.05) is 6.07 Å². The molecule has 0 spiro atoms. The summed E-state index contributed by atoms with van der Waals surface area (Å²) in [6, 6.07) is 5.89. The highest BCUT2D eigenvalue weighted by molar-refractivity contribution is 6.08. The van der Waals surface area contributed by atoms with E-state index in [1.165, 1.54) is 0 Å². The second kappa shape index (κ2) is 4.61. The summed E-state index contributed by atoms with van der Waals surface area (Å²) in [4.78, 5) is 12.3. The van der Waals surface area contributed by atoms with Crippen molar-refractivity contribution in [1.29, 1.82) is 0 Å². The van der Waals surface area contributed by atoms with E-state index in [2.05, 4.69) is 4.57 Å². The van der Waals surface area contributed by atoms with Gasteiger partial charge >= 0.3 is 5.97 Å². The van der Waals surface area contributed by atoms with Crippen LogP contribution in [0.25, 0.3) is 10.9 Å². The molecule has 0 amide bonds. The number of methoxy groups -OCH3 is 1. The maximum Gasteiger partial charge on any atom is 0.340 e. The Balaban J connectivity index is 2.31. The molecule has 4 nitrogen and oxygen atoms in total. The maximum atomic E-state index is 12.3. The van der Waals surface area contributed by atoms with E-state index in [-0.39, 0.29) is 5.97 Å². The summed E-state index contributed by atoms with van der Waals surface area (Å²) in [5, 5.41) is 0.887. The molecule has 2 heterocycles. The first-order valence-electron chi connectivity index (χ1n) is 6.63. The third-order valence-electron chi connectivity index (χ3n) is 3.65. The third kappa shape index (κ3) is 1.70. The summed E-state index contributed by atoms with van der Waals surface area (Å²) in [5.41, 5.74) is 2.83. The van der Waals surface area contributed by atoms with Gasteiger partial charge in [0.2, 0.25) is 0 Å². The summed E-state index contributed by atoms with van der Waals surface area (Å²) in [7, 11) is 1.63. The summed E-state index contributed by atoms with van der Waals surface area (Å²) in [6.07, 6.45) is 2.00. The molecule has 3 rings (SSSR count). The molecule has 1 aliphatic heterocycles. The van der Waals surface area contributed by atoms with Crippen LogP contribution in [0.15, 0.2) is 18.2 Å². The minimum Gasteiger partial charge on any atom is -0.496 e. The largest absolute Gasteiger partial charge is 0.496 e. The van der Waals surface area contributed by atoms with Crippen molar-refractivity contribution in [3.05, 3.63) is 29.5 Å². The third-order valence-corrected chi connectivity index (χ3v) is 3.65. The topological polar surface area (TPSA) is 40.5 Å². The van der Waals surface area contributed by atoms with Gasteiger partial charge in [-0.05, 0) is 31.9 Å². The van der Waals surface area contributed by atoms with Gasteiger partial charge < -0.3 is 14.0 Å². The van der Waals surface area contributed by atoms with Crippen LogP contribution in [0.2, 0.25) is 0 Å². The number of rotatable bonds is 3. The molecule has 100 valence electrons. The lowest BCUT2D eigenvalue weighted by atomic mass is 10.1. The van der Waals surface area contributed by atoms with Crippen LogP contribution in [0.4, 0.5) is 0 Å². The molecule has 0 saturated heterocycles. The first kappa shape index (κ1) is 12.1. The Kier molecular flexibility index (Phi) is 2.93. The van der Waals surface area contributed by atoms with Crippen LogP contribution >= 0.6 is 0 Å². The van der Waals surface area contributed by atoms with Crippen LogP contribution in [0.1, 0.15) is 29.4 Å². The number of aromatic nitrogens is 1. The SMILES string of the molecule is CCOC(=O)c1c2n(c3cccc(OC)c13)CCC2. The maximum absolute atomic E-state index is 12.3. The van der Waals surface area contributed by atoms with Gasteiger partial charge in [-0.25, -0.2) is 4.79 Å². The fourth-order valence-corrected chi connectivity index (χ4v) is 2.93. The Morgan fingerprint density at radius 1 is 1.42 bits per heavy atom. The molecule has 1 aliphatic rings. The molecule has 0 fully saturated rings. The van der Waals surface area contributed by atoms with Gasteiger partial charge in [-0.3, -0.25) is 0 Å². The van der Waals surface area contributed by atoms with E-state index in [0.29, 0.717) is 12.2 Å². The fourth-order valence-electron chi connectivity index (χ4n) is 2.93. The number of aryl methyl sites for hydroxylation is 1. The highest BCUT2D eigenvalue weighted by Gasteiger charge is 2.28. The molecule has 0 bridgehead atoms. The number of fused-ring (bicyclic) bond motifs is 3. The average Bonchev–Trinajstić information content (AvgIpc) is 2.98. The van der Waals surface area contributed by atoms with Crippen molar-refractivity contribution in [2.45, 2.75) is 26.3 Å². The summed E-state index contributed by atoms with van der Waals surface area (Å²) < 4.78 is 12.8. The van der Waals surface area contributed by atoms with Gasteiger partial charge in [0, 0.05) is 12.2 Å². The lowest BCUT2D eigenvalue weighted by Crippen LogP contribution is -2.07. The number of esters is 1. The smallest absolute Gasteiger partial charge is 0.340 e. The highest BCUT2D eigenvalue weighted by Crippen LogP contribution is 2.37. The molecular formula is C15H17NO3. The van der Waals surface area contributed by atoms with Gasteiger partial charge in [0.05, 0.1) is 30.2 Å². The van der Waals surface area contributed by atoms with Gasteiger partial charge in [-0.15, -0.1) is 0 Å². The number of carbonyl (C=O) groups is 1. The zero-order chi connectivity index (χ0) is 13.4. The van der Waals surface area contributed by atoms with Gasteiger partial charge in [0.15, 0.2) is 0 Å². The lowest BCUT2D eigenvalue weighted by molar-refractivity contribution is 0.0527. The van der Waals surface area contributed by atoms with Crippen molar-refractivity contribution < 1.29 is 14.3 Å². The predicted octanol–water partition coefficient (Wildman–Crippen LogP) is 2.77. The molecule has 0 aliphatic carbocycles. The van der Waals surface area contributed by atoms with Crippen LogP contribution in [0, 0.1) is 0 Å². The highest BCUT2D eigenvalue weighted by atomic mass is 16.5. The van der Waals surface area contributed by atoms with E-state index >= 15 is 0 Å². The molecule has 1 aromatic heterocycles. The van der Waals surface area contributed by atoms with Crippen molar-refractivity contribution in [3.8, 4) is 5.75 Å². The van der Waals surface area contributed by atoms with E-state index in [1.807, 2.05) is 25.1 Å². The summed E-state index contributed by atoms with van der Waals surface area (Å²) in [6.45, 7) is 3.17. The number of hydrogen-bond acceptors (Lipinski definition) is 3. The molecule has 1 aromatic carbocycles. The van der Waals surface area contributed by atoms with E-state index in [9.17, 15) is 4.79 Å². The van der Waals surface area contributed by atoms with Crippen molar-refractivity contribution in [1.82, 2.24) is 4.57 Å². The van der Waals surface area contributed by atoms with Crippen molar-refractivity contribution >= 4 is 16.9 Å². The fraction of sp³-hybridized carbons (Fsp3) is 0.400. The molecule has 0 unspecified atom stereocenters. The zero-order valence-corrected chi connectivity index (χ0v) is 11.2. The second-order valence-electron chi connectivity index (χ2n) is 4.65. The van der Waals surface area contributed by atoms with E-state index < -0.39 is 0 Å². The molecule has 0 atom stereocenters. The van der Waals surface area contributed by atoms with Crippen LogP contribution in [-0.2, 0) is 17.7 Å². The zero-order valence-electron chi connectivity index (χ0n) is 11.2. The normalized spacial score (nSPS) is 13.6. The quantitative estimate of drug-likeness (QED) is 0.796. The van der Waals surface area contributed by atoms with Gasteiger partial charge in [-0.2, -0.15) is 0 Å². The summed E-state index contributed by atoms with van der Waals surface area (Å²) in [5.74, 6) is 0.495. The van der Waals surface area contributed by atoms with Gasteiger partial charge in [0.25, 0.3) is 0 Å². The number of carbonyl (C=O) groups excluding carboxylic acids is 1. The molecule has 0 saturated carbocycles. The first-order valence-corrected chi connectivity index (χ1v) is 6.63. The Bertz CT molecular complexity index is 642. The molecule has 4 heteroatoms. The van der Waals surface area contributed by atoms with Crippen molar-refractivity contribution in [3.63, 3.8) is 0 Å². The number of benzene rings is 1. The summed E-state index contributed by atoms with van der Waals surface area (Å²) >= 11 is 0. The molecular weight excluding hydrogens is 242 g/mol. The molecule has 19 heavy (non-hydrogen) atoms. The number of hydrogen-bond donors (Lipinski definition) is 0. The van der Waals surface area contributed by atoms with E-state index in [4.69, 9.17) is 9.47 Å². The monoisotopic (exact) mass is 259 g/mol. The molecule has 0 radical (unpaired) electrons. The van der Waals surface area contributed by atoms with Crippen molar-refractivity contribution in [2.24, 2.45) is 0 Å². The minimum absolute atomic E-state index is 0.243. The van der Waals surface area contributed by atoms with Gasteiger partial charge in [0.1, 0.15) is 5.75 Å². The number of nitrogens with zero attached hydrogens (tertiary/aromatic N) is 1.